The zero-order valence-corrected chi connectivity index (χ0v) is 7.55. The number of aromatic nitrogens is 1. The van der Waals surface area contributed by atoms with Crippen LogP contribution in [-0.2, 0) is 0 Å². The van der Waals surface area contributed by atoms with Crippen LogP contribution in [0.1, 0.15) is 12.1 Å². The standard InChI is InChI=1S/C8H8F3NO2/c1-13-5-3-4(7(9)10)12-8(11)6(5)14-2/h3,7H,1-2H3. The van der Waals surface area contributed by atoms with E-state index in [1.807, 2.05) is 0 Å². The molecule has 1 rings (SSSR count). The minimum atomic E-state index is -2.84. The molecule has 0 saturated heterocycles. The third-order valence-corrected chi connectivity index (χ3v) is 1.57. The first-order valence-electron chi connectivity index (χ1n) is 3.66. The predicted octanol–water partition coefficient (Wildman–Crippen LogP) is 2.18. The maximum Gasteiger partial charge on any atom is 0.280 e. The number of halogens is 3. The summed E-state index contributed by atoms with van der Waals surface area (Å²) >= 11 is 0. The van der Waals surface area contributed by atoms with Crippen LogP contribution in [0.25, 0.3) is 0 Å². The van der Waals surface area contributed by atoms with Crippen molar-refractivity contribution in [3.05, 3.63) is 17.7 Å². The summed E-state index contributed by atoms with van der Waals surface area (Å²) in [5, 5.41) is 0. The fourth-order valence-electron chi connectivity index (χ4n) is 0.946. The van der Waals surface area contributed by atoms with Gasteiger partial charge < -0.3 is 9.47 Å². The molecular formula is C8H8F3NO2. The molecule has 0 amide bonds. The van der Waals surface area contributed by atoms with Crippen molar-refractivity contribution >= 4 is 0 Å². The smallest absolute Gasteiger partial charge is 0.280 e. The lowest BCUT2D eigenvalue weighted by Crippen LogP contribution is -2.00. The van der Waals surface area contributed by atoms with Crippen molar-refractivity contribution in [1.82, 2.24) is 4.98 Å². The van der Waals surface area contributed by atoms with Gasteiger partial charge in [-0.15, -0.1) is 0 Å². The van der Waals surface area contributed by atoms with Crippen LogP contribution in [0, 0.1) is 5.95 Å². The molecule has 14 heavy (non-hydrogen) atoms. The molecule has 78 valence electrons. The van der Waals surface area contributed by atoms with Gasteiger partial charge in [0.2, 0.25) is 5.75 Å². The maximum absolute atomic E-state index is 13.0. The predicted molar refractivity (Wildman–Crippen MR) is 42.3 cm³/mol. The van der Waals surface area contributed by atoms with E-state index in [0.29, 0.717) is 0 Å². The molecule has 0 N–H and O–H groups in total. The molecule has 0 atom stereocenters. The molecule has 0 spiro atoms. The molecule has 0 saturated carbocycles. The van der Waals surface area contributed by atoms with Gasteiger partial charge in [0.05, 0.1) is 14.2 Å². The minimum absolute atomic E-state index is 0.102. The van der Waals surface area contributed by atoms with Crippen LogP contribution in [0.2, 0.25) is 0 Å². The van der Waals surface area contributed by atoms with E-state index in [9.17, 15) is 13.2 Å². The molecule has 0 radical (unpaired) electrons. The van der Waals surface area contributed by atoms with Gasteiger partial charge in [0.1, 0.15) is 5.69 Å². The van der Waals surface area contributed by atoms with E-state index >= 15 is 0 Å². The van der Waals surface area contributed by atoms with E-state index in [-0.39, 0.29) is 11.5 Å². The fraction of sp³-hybridized carbons (Fsp3) is 0.375. The van der Waals surface area contributed by atoms with Crippen molar-refractivity contribution < 1.29 is 22.6 Å². The lowest BCUT2D eigenvalue weighted by Gasteiger charge is -2.09. The first kappa shape index (κ1) is 10.6. The van der Waals surface area contributed by atoms with Gasteiger partial charge in [-0.05, 0) is 0 Å². The molecule has 0 bridgehead atoms. The largest absolute Gasteiger partial charge is 0.493 e. The minimum Gasteiger partial charge on any atom is -0.493 e. The molecule has 0 aliphatic carbocycles. The molecule has 0 aromatic carbocycles. The van der Waals surface area contributed by atoms with Gasteiger partial charge in [-0.3, -0.25) is 0 Å². The Balaban J connectivity index is 3.24. The SMILES string of the molecule is COc1cc(C(F)F)nc(F)c1OC. The number of hydrogen-bond donors (Lipinski definition) is 0. The Bertz CT molecular complexity index is 331. The Hall–Kier alpha value is -1.46. The second kappa shape index (κ2) is 4.17. The van der Waals surface area contributed by atoms with Crippen LogP contribution in [0.4, 0.5) is 13.2 Å². The van der Waals surface area contributed by atoms with Crippen LogP contribution >= 0.6 is 0 Å². The van der Waals surface area contributed by atoms with E-state index in [1.165, 1.54) is 14.2 Å². The summed E-state index contributed by atoms with van der Waals surface area (Å²) < 4.78 is 46.6. The molecule has 3 nitrogen and oxygen atoms in total. The van der Waals surface area contributed by atoms with E-state index in [4.69, 9.17) is 0 Å². The number of pyridine rings is 1. The molecule has 1 heterocycles. The van der Waals surface area contributed by atoms with Crippen molar-refractivity contribution in [3.63, 3.8) is 0 Å². The van der Waals surface area contributed by atoms with Crippen molar-refractivity contribution in [2.24, 2.45) is 0 Å². The highest BCUT2D eigenvalue weighted by atomic mass is 19.3. The van der Waals surface area contributed by atoms with Gasteiger partial charge in [-0.25, -0.2) is 13.8 Å². The van der Waals surface area contributed by atoms with Crippen molar-refractivity contribution in [2.45, 2.75) is 6.43 Å². The third kappa shape index (κ3) is 1.89. The van der Waals surface area contributed by atoms with Gasteiger partial charge >= 0.3 is 0 Å². The van der Waals surface area contributed by atoms with Crippen molar-refractivity contribution in [2.75, 3.05) is 14.2 Å². The highest BCUT2D eigenvalue weighted by Crippen LogP contribution is 2.32. The summed E-state index contributed by atoms with van der Waals surface area (Å²) in [7, 11) is 2.43. The Morgan fingerprint density at radius 1 is 1.29 bits per heavy atom. The molecule has 1 aromatic rings. The van der Waals surface area contributed by atoms with E-state index in [0.717, 1.165) is 6.07 Å². The normalized spacial score (nSPS) is 10.4. The van der Waals surface area contributed by atoms with Crippen LogP contribution in [-0.4, -0.2) is 19.2 Å². The molecular weight excluding hydrogens is 199 g/mol. The molecule has 6 heteroatoms. The zero-order valence-electron chi connectivity index (χ0n) is 7.55. The monoisotopic (exact) mass is 207 g/mol. The molecule has 0 aliphatic rings. The second-order valence-electron chi connectivity index (χ2n) is 2.37. The van der Waals surface area contributed by atoms with Gasteiger partial charge in [0.15, 0.2) is 5.75 Å². The first-order chi connectivity index (χ1) is 6.60. The summed E-state index contributed by atoms with van der Waals surface area (Å²) in [4.78, 5) is 3.03. The summed E-state index contributed by atoms with van der Waals surface area (Å²) in [5.41, 5.74) is -0.680. The number of ether oxygens (including phenoxy) is 2. The lowest BCUT2D eigenvalue weighted by molar-refractivity contribution is 0.143. The van der Waals surface area contributed by atoms with Gasteiger partial charge in [0, 0.05) is 6.07 Å². The molecule has 0 fully saturated rings. The third-order valence-electron chi connectivity index (χ3n) is 1.57. The Kier molecular flexibility index (Phi) is 3.16. The summed E-state index contributed by atoms with van der Waals surface area (Å²) in [6.07, 6.45) is -2.84. The van der Waals surface area contributed by atoms with E-state index in [2.05, 4.69) is 14.5 Å². The Morgan fingerprint density at radius 3 is 2.36 bits per heavy atom. The van der Waals surface area contributed by atoms with E-state index in [1.54, 1.807) is 0 Å². The fourth-order valence-corrected chi connectivity index (χ4v) is 0.946. The van der Waals surface area contributed by atoms with Crippen LogP contribution in [0.5, 0.6) is 11.5 Å². The average Bonchev–Trinajstić information content (AvgIpc) is 2.16. The Labute approximate surface area is 78.5 Å². The summed E-state index contributed by atoms with van der Waals surface area (Å²) in [5.74, 6) is -1.49. The van der Waals surface area contributed by atoms with Crippen molar-refractivity contribution in [1.29, 1.82) is 0 Å². The summed E-state index contributed by atoms with van der Waals surface area (Å²) in [6.45, 7) is 0. The highest BCUT2D eigenvalue weighted by Gasteiger charge is 2.18. The number of nitrogens with zero attached hydrogens (tertiary/aromatic N) is 1. The lowest BCUT2D eigenvalue weighted by atomic mass is 10.3. The molecule has 1 aromatic heterocycles. The van der Waals surface area contributed by atoms with Crippen LogP contribution in [0.3, 0.4) is 0 Å². The zero-order chi connectivity index (χ0) is 10.7. The first-order valence-corrected chi connectivity index (χ1v) is 3.66. The van der Waals surface area contributed by atoms with Gasteiger partial charge in [-0.2, -0.15) is 4.39 Å². The van der Waals surface area contributed by atoms with Gasteiger partial charge in [-0.1, -0.05) is 0 Å². The number of rotatable bonds is 3. The van der Waals surface area contributed by atoms with Gasteiger partial charge in [0.25, 0.3) is 12.4 Å². The van der Waals surface area contributed by atoms with Crippen LogP contribution in [0.15, 0.2) is 6.07 Å². The maximum atomic E-state index is 13.0. The van der Waals surface area contributed by atoms with Crippen LogP contribution < -0.4 is 9.47 Å². The number of alkyl halides is 2. The quantitative estimate of drug-likeness (QED) is 0.712. The number of methoxy groups -OCH3 is 2. The summed E-state index contributed by atoms with van der Waals surface area (Å²) in [6, 6.07) is 0.937. The topological polar surface area (TPSA) is 31.4 Å². The number of hydrogen-bond acceptors (Lipinski definition) is 3. The molecule has 0 aliphatic heterocycles. The highest BCUT2D eigenvalue weighted by molar-refractivity contribution is 5.40. The average molecular weight is 207 g/mol. The molecule has 0 unspecified atom stereocenters. The van der Waals surface area contributed by atoms with E-state index < -0.39 is 18.1 Å². The Morgan fingerprint density at radius 2 is 1.93 bits per heavy atom. The van der Waals surface area contributed by atoms with Crippen molar-refractivity contribution in [3.8, 4) is 11.5 Å². The second-order valence-corrected chi connectivity index (χ2v) is 2.37.